The van der Waals surface area contributed by atoms with E-state index in [1.165, 1.54) is 25.8 Å². The van der Waals surface area contributed by atoms with E-state index in [0.29, 0.717) is 6.04 Å². The first-order valence-electron chi connectivity index (χ1n) is 6.94. The lowest BCUT2D eigenvalue weighted by Crippen LogP contribution is -2.50. The van der Waals surface area contributed by atoms with E-state index in [9.17, 15) is 0 Å². The largest absolute Gasteiger partial charge is 0.385 e. The molecule has 2 fully saturated rings. The van der Waals surface area contributed by atoms with Crippen LogP contribution in [0.1, 0.15) is 25.7 Å². The summed E-state index contributed by atoms with van der Waals surface area (Å²) in [6.45, 7) is 6.03. The van der Waals surface area contributed by atoms with Crippen LogP contribution in [0.15, 0.2) is 0 Å². The van der Waals surface area contributed by atoms with Gasteiger partial charge in [-0.15, -0.1) is 0 Å². The molecule has 0 bridgehead atoms. The molecule has 0 aromatic heterocycles. The lowest BCUT2D eigenvalue weighted by molar-refractivity contribution is -0.00808. The highest BCUT2D eigenvalue weighted by molar-refractivity contribution is 4.85. The molecule has 1 aliphatic carbocycles. The summed E-state index contributed by atoms with van der Waals surface area (Å²) in [4.78, 5) is 2.58. The molecule has 0 aromatic rings. The molecule has 2 rings (SSSR count). The maximum atomic E-state index is 5.59. The van der Waals surface area contributed by atoms with Gasteiger partial charge in [-0.2, -0.15) is 0 Å². The number of methoxy groups -OCH3 is 1. The molecule has 1 unspecified atom stereocenters. The van der Waals surface area contributed by atoms with Gasteiger partial charge in [0.05, 0.1) is 13.2 Å². The number of nitrogens with zero attached hydrogens (tertiary/aromatic N) is 1. The minimum atomic E-state index is 0.576. The summed E-state index contributed by atoms with van der Waals surface area (Å²) in [5.74, 6) is 0. The van der Waals surface area contributed by atoms with E-state index < -0.39 is 0 Å². The predicted octanol–water partition coefficient (Wildman–Crippen LogP) is 0.866. The van der Waals surface area contributed by atoms with Crippen LogP contribution in [0, 0.1) is 0 Å². The van der Waals surface area contributed by atoms with Crippen LogP contribution in [0.25, 0.3) is 0 Å². The van der Waals surface area contributed by atoms with Crippen molar-refractivity contribution in [2.75, 3.05) is 46.6 Å². The van der Waals surface area contributed by atoms with E-state index in [4.69, 9.17) is 9.47 Å². The first kappa shape index (κ1) is 13.3. The molecule has 1 saturated heterocycles. The van der Waals surface area contributed by atoms with Crippen molar-refractivity contribution >= 4 is 0 Å². The Morgan fingerprint density at radius 2 is 2.24 bits per heavy atom. The first-order valence-corrected chi connectivity index (χ1v) is 6.94. The highest BCUT2D eigenvalue weighted by Gasteiger charge is 2.26. The van der Waals surface area contributed by atoms with Crippen LogP contribution in [0.4, 0.5) is 0 Å². The molecule has 4 heteroatoms. The lowest BCUT2D eigenvalue weighted by atomic mass is 10.2. The first-order chi connectivity index (χ1) is 8.40. The van der Waals surface area contributed by atoms with Gasteiger partial charge < -0.3 is 14.8 Å². The van der Waals surface area contributed by atoms with Gasteiger partial charge in [0.25, 0.3) is 0 Å². The number of unbranched alkanes of at least 4 members (excludes halogenated alkanes) is 1. The van der Waals surface area contributed by atoms with E-state index >= 15 is 0 Å². The molecular formula is C13H26N2O2. The molecule has 0 radical (unpaired) electrons. The summed E-state index contributed by atoms with van der Waals surface area (Å²) < 4.78 is 10.7. The highest BCUT2D eigenvalue weighted by Crippen LogP contribution is 2.19. The van der Waals surface area contributed by atoms with E-state index in [2.05, 4.69) is 10.2 Å². The number of hydrogen-bond acceptors (Lipinski definition) is 4. The zero-order valence-corrected chi connectivity index (χ0v) is 11.0. The SMILES string of the molecule is COCCCCN1CCOCC1CNC1CC1. The Labute approximate surface area is 105 Å². The van der Waals surface area contributed by atoms with Crippen LogP contribution < -0.4 is 5.32 Å². The third-order valence-electron chi connectivity index (χ3n) is 3.61. The molecule has 0 amide bonds. The second-order valence-corrected chi connectivity index (χ2v) is 5.15. The fourth-order valence-electron chi connectivity index (χ4n) is 2.32. The Bertz CT molecular complexity index is 210. The lowest BCUT2D eigenvalue weighted by Gasteiger charge is -2.35. The quantitative estimate of drug-likeness (QED) is 0.640. The van der Waals surface area contributed by atoms with Gasteiger partial charge in [-0.1, -0.05) is 0 Å². The molecule has 4 nitrogen and oxygen atoms in total. The Hall–Kier alpha value is -0.160. The molecular weight excluding hydrogens is 216 g/mol. The fraction of sp³-hybridized carbons (Fsp3) is 1.00. The molecule has 1 saturated carbocycles. The second kappa shape index (κ2) is 7.31. The second-order valence-electron chi connectivity index (χ2n) is 5.15. The normalized spacial score (nSPS) is 26.3. The number of nitrogens with one attached hydrogen (secondary N) is 1. The van der Waals surface area contributed by atoms with Crippen LogP contribution in [0.2, 0.25) is 0 Å². The highest BCUT2D eigenvalue weighted by atomic mass is 16.5. The monoisotopic (exact) mass is 242 g/mol. The zero-order chi connectivity index (χ0) is 11.9. The average Bonchev–Trinajstić information content (AvgIpc) is 3.17. The minimum absolute atomic E-state index is 0.576. The van der Waals surface area contributed by atoms with Crippen LogP contribution in [0.5, 0.6) is 0 Å². The fourth-order valence-corrected chi connectivity index (χ4v) is 2.32. The molecule has 100 valence electrons. The Morgan fingerprint density at radius 1 is 1.35 bits per heavy atom. The summed E-state index contributed by atoms with van der Waals surface area (Å²) in [6.07, 6.45) is 5.12. The van der Waals surface area contributed by atoms with Crippen molar-refractivity contribution < 1.29 is 9.47 Å². The Kier molecular flexibility index (Phi) is 5.71. The Balaban J connectivity index is 1.63. The van der Waals surface area contributed by atoms with Gasteiger partial charge in [0.1, 0.15) is 0 Å². The summed E-state index contributed by atoms with van der Waals surface area (Å²) in [7, 11) is 1.77. The van der Waals surface area contributed by atoms with Crippen LogP contribution in [-0.2, 0) is 9.47 Å². The van der Waals surface area contributed by atoms with Crippen molar-refractivity contribution in [2.45, 2.75) is 37.8 Å². The van der Waals surface area contributed by atoms with Crippen molar-refractivity contribution in [1.29, 1.82) is 0 Å². The summed E-state index contributed by atoms with van der Waals surface area (Å²) in [6, 6.07) is 1.37. The van der Waals surface area contributed by atoms with E-state index in [-0.39, 0.29) is 0 Å². The molecule has 1 N–H and O–H groups in total. The van der Waals surface area contributed by atoms with Crippen molar-refractivity contribution in [3.8, 4) is 0 Å². The van der Waals surface area contributed by atoms with Gasteiger partial charge in [0.2, 0.25) is 0 Å². The molecule has 1 atom stereocenters. The van der Waals surface area contributed by atoms with Gasteiger partial charge in [-0.25, -0.2) is 0 Å². The minimum Gasteiger partial charge on any atom is -0.385 e. The standard InChI is InChI=1S/C13H26N2O2/c1-16-8-3-2-6-15-7-9-17-11-13(15)10-14-12-4-5-12/h12-14H,2-11H2,1H3. The average molecular weight is 242 g/mol. The molecule has 0 aromatic carbocycles. The van der Waals surface area contributed by atoms with Gasteiger partial charge in [0.15, 0.2) is 0 Å². The van der Waals surface area contributed by atoms with Gasteiger partial charge in [0, 0.05) is 38.9 Å². The number of hydrogen-bond donors (Lipinski definition) is 1. The summed E-state index contributed by atoms with van der Waals surface area (Å²) in [5, 5.41) is 3.61. The van der Waals surface area contributed by atoms with Crippen LogP contribution in [-0.4, -0.2) is 63.5 Å². The van der Waals surface area contributed by atoms with Gasteiger partial charge in [-0.3, -0.25) is 4.90 Å². The van der Waals surface area contributed by atoms with E-state index in [1.54, 1.807) is 7.11 Å². The van der Waals surface area contributed by atoms with Crippen molar-refractivity contribution in [3.63, 3.8) is 0 Å². The molecule has 17 heavy (non-hydrogen) atoms. The van der Waals surface area contributed by atoms with Crippen LogP contribution in [0.3, 0.4) is 0 Å². The molecule has 2 aliphatic rings. The Morgan fingerprint density at radius 3 is 3.00 bits per heavy atom. The van der Waals surface area contributed by atoms with Gasteiger partial charge >= 0.3 is 0 Å². The van der Waals surface area contributed by atoms with E-state index in [1.807, 2.05) is 0 Å². The van der Waals surface area contributed by atoms with E-state index in [0.717, 1.165) is 45.4 Å². The summed E-state index contributed by atoms with van der Waals surface area (Å²) >= 11 is 0. The van der Waals surface area contributed by atoms with Crippen molar-refractivity contribution in [1.82, 2.24) is 10.2 Å². The number of ether oxygens (including phenoxy) is 2. The molecule has 0 spiro atoms. The topological polar surface area (TPSA) is 33.7 Å². The van der Waals surface area contributed by atoms with Crippen LogP contribution >= 0.6 is 0 Å². The third-order valence-corrected chi connectivity index (χ3v) is 3.61. The third kappa shape index (κ3) is 4.92. The predicted molar refractivity (Wildman–Crippen MR) is 68.3 cm³/mol. The zero-order valence-electron chi connectivity index (χ0n) is 11.0. The van der Waals surface area contributed by atoms with Gasteiger partial charge in [-0.05, 0) is 32.2 Å². The number of morpholine rings is 1. The molecule has 1 heterocycles. The van der Waals surface area contributed by atoms with Crippen molar-refractivity contribution in [2.24, 2.45) is 0 Å². The molecule has 1 aliphatic heterocycles. The maximum absolute atomic E-state index is 5.59. The number of rotatable bonds is 8. The smallest absolute Gasteiger partial charge is 0.0634 e. The summed E-state index contributed by atoms with van der Waals surface area (Å²) in [5.41, 5.74) is 0. The van der Waals surface area contributed by atoms with Crippen molar-refractivity contribution in [3.05, 3.63) is 0 Å². The maximum Gasteiger partial charge on any atom is 0.0634 e.